The summed E-state index contributed by atoms with van der Waals surface area (Å²) in [4.78, 5) is 0. The fraction of sp³-hybridized carbons (Fsp3) is 0.619. The van der Waals surface area contributed by atoms with E-state index in [1.54, 1.807) is 0 Å². The van der Waals surface area contributed by atoms with Crippen molar-refractivity contribution in [3.05, 3.63) is 69.8 Å². The standard InChI is InChI=1S/C42H64N2/c1-7-11-15-19-23-35-31-39(37(29-33(35)5)25-21-17-13-9-3)41-27-28-42(44-43-41)40-32-36(24-20-16-12-8-2)34(6)30-38(40)26-22-18-14-10-4/h27-32H,7-26H2,1-6H3. The molecule has 1 aromatic heterocycles. The van der Waals surface area contributed by atoms with Crippen LogP contribution in [-0.4, -0.2) is 10.2 Å². The Morgan fingerprint density at radius 1 is 0.386 bits per heavy atom. The van der Waals surface area contributed by atoms with Crippen LogP contribution < -0.4 is 0 Å². The number of nitrogens with zero attached hydrogens (tertiary/aromatic N) is 2. The van der Waals surface area contributed by atoms with Crippen LogP contribution in [-0.2, 0) is 25.7 Å². The number of hydrogen-bond acceptors (Lipinski definition) is 2. The van der Waals surface area contributed by atoms with E-state index in [0.29, 0.717) is 0 Å². The molecule has 0 aliphatic rings. The van der Waals surface area contributed by atoms with Crippen molar-refractivity contribution in [3.63, 3.8) is 0 Å². The molecule has 0 aliphatic heterocycles. The maximum Gasteiger partial charge on any atom is 0.0932 e. The first-order valence-electron chi connectivity index (χ1n) is 18.6. The lowest BCUT2D eigenvalue weighted by Gasteiger charge is -2.16. The molecular weight excluding hydrogens is 532 g/mol. The highest BCUT2D eigenvalue weighted by Gasteiger charge is 2.15. The van der Waals surface area contributed by atoms with Gasteiger partial charge in [0.05, 0.1) is 11.4 Å². The van der Waals surface area contributed by atoms with Crippen molar-refractivity contribution in [1.82, 2.24) is 10.2 Å². The molecule has 1 heterocycles. The Balaban J connectivity index is 1.94. The lowest BCUT2D eigenvalue weighted by atomic mass is 9.90. The first-order chi connectivity index (χ1) is 21.5. The summed E-state index contributed by atoms with van der Waals surface area (Å²) in [5.74, 6) is 0. The second-order valence-electron chi connectivity index (χ2n) is 13.4. The van der Waals surface area contributed by atoms with Crippen LogP contribution in [0.1, 0.15) is 164 Å². The first kappa shape index (κ1) is 36.0. The average molecular weight is 597 g/mol. The zero-order valence-corrected chi connectivity index (χ0v) is 29.5. The van der Waals surface area contributed by atoms with E-state index in [1.807, 2.05) is 0 Å². The summed E-state index contributed by atoms with van der Waals surface area (Å²) in [6.07, 6.45) is 25.2. The smallest absolute Gasteiger partial charge is 0.0932 e. The summed E-state index contributed by atoms with van der Waals surface area (Å²) in [6, 6.07) is 14.4. The molecule has 44 heavy (non-hydrogen) atoms. The van der Waals surface area contributed by atoms with Gasteiger partial charge in [-0.05, 0) is 123 Å². The van der Waals surface area contributed by atoms with E-state index >= 15 is 0 Å². The van der Waals surface area contributed by atoms with Crippen LogP contribution in [0.25, 0.3) is 22.5 Å². The Labute approximate surface area is 271 Å². The molecule has 0 radical (unpaired) electrons. The number of aromatic nitrogens is 2. The Morgan fingerprint density at radius 2 is 0.705 bits per heavy atom. The van der Waals surface area contributed by atoms with Crippen molar-refractivity contribution in [3.8, 4) is 22.5 Å². The molecule has 0 fully saturated rings. The number of aryl methyl sites for hydroxylation is 6. The number of hydrogen-bond donors (Lipinski definition) is 0. The van der Waals surface area contributed by atoms with E-state index in [1.165, 1.54) is 147 Å². The lowest BCUT2D eigenvalue weighted by Crippen LogP contribution is -2.02. The van der Waals surface area contributed by atoms with Gasteiger partial charge in [-0.25, -0.2) is 0 Å². The Hall–Kier alpha value is -2.48. The third-order valence-electron chi connectivity index (χ3n) is 9.54. The molecule has 0 bridgehead atoms. The molecule has 2 nitrogen and oxygen atoms in total. The molecule has 2 aromatic carbocycles. The maximum absolute atomic E-state index is 4.95. The van der Waals surface area contributed by atoms with Crippen LogP contribution in [0, 0.1) is 13.8 Å². The number of unbranched alkanes of at least 4 members (excludes halogenated alkanes) is 12. The van der Waals surface area contributed by atoms with Gasteiger partial charge >= 0.3 is 0 Å². The second-order valence-corrected chi connectivity index (χ2v) is 13.4. The van der Waals surface area contributed by atoms with Gasteiger partial charge in [0.2, 0.25) is 0 Å². The second kappa shape index (κ2) is 20.5. The van der Waals surface area contributed by atoms with Crippen LogP contribution in [0.5, 0.6) is 0 Å². The van der Waals surface area contributed by atoms with Crippen molar-refractivity contribution in [2.24, 2.45) is 0 Å². The first-order valence-corrected chi connectivity index (χ1v) is 18.6. The minimum atomic E-state index is 1.03. The zero-order chi connectivity index (χ0) is 31.6. The molecule has 0 amide bonds. The lowest BCUT2D eigenvalue weighted by molar-refractivity contribution is 0.662. The monoisotopic (exact) mass is 597 g/mol. The minimum Gasteiger partial charge on any atom is -0.150 e. The van der Waals surface area contributed by atoms with E-state index in [2.05, 4.69) is 77.9 Å². The maximum atomic E-state index is 4.95. The normalized spacial score (nSPS) is 11.4. The van der Waals surface area contributed by atoms with Crippen molar-refractivity contribution in [1.29, 1.82) is 0 Å². The zero-order valence-electron chi connectivity index (χ0n) is 29.5. The van der Waals surface area contributed by atoms with Gasteiger partial charge in [-0.15, -0.1) is 10.2 Å². The van der Waals surface area contributed by atoms with Crippen LogP contribution in [0.2, 0.25) is 0 Å². The fourth-order valence-electron chi connectivity index (χ4n) is 6.64. The molecule has 0 atom stereocenters. The Bertz CT molecular complexity index is 1130. The van der Waals surface area contributed by atoms with E-state index in [-0.39, 0.29) is 0 Å². The van der Waals surface area contributed by atoms with Gasteiger partial charge in [-0.1, -0.05) is 117 Å². The highest BCUT2D eigenvalue weighted by atomic mass is 15.1. The molecular formula is C42H64N2. The minimum absolute atomic E-state index is 1.03. The third kappa shape index (κ3) is 11.5. The molecule has 242 valence electrons. The van der Waals surface area contributed by atoms with Crippen molar-refractivity contribution in [2.75, 3.05) is 0 Å². The highest BCUT2D eigenvalue weighted by Crippen LogP contribution is 2.32. The molecule has 0 saturated carbocycles. The van der Waals surface area contributed by atoms with Gasteiger partial charge in [-0.2, -0.15) is 0 Å². The molecule has 2 heteroatoms. The molecule has 0 saturated heterocycles. The van der Waals surface area contributed by atoms with Crippen LogP contribution in [0.3, 0.4) is 0 Å². The van der Waals surface area contributed by atoms with E-state index < -0.39 is 0 Å². The number of rotatable bonds is 22. The predicted octanol–water partition coefficient (Wildman–Crippen LogP) is 12.9. The van der Waals surface area contributed by atoms with Crippen LogP contribution >= 0.6 is 0 Å². The summed E-state index contributed by atoms with van der Waals surface area (Å²) in [7, 11) is 0. The molecule has 0 aliphatic carbocycles. The van der Waals surface area contributed by atoms with Crippen molar-refractivity contribution < 1.29 is 0 Å². The molecule has 3 rings (SSSR count). The van der Waals surface area contributed by atoms with Gasteiger partial charge in [0.15, 0.2) is 0 Å². The molecule has 3 aromatic rings. The van der Waals surface area contributed by atoms with Crippen molar-refractivity contribution in [2.45, 2.75) is 170 Å². The Kier molecular flexibility index (Phi) is 16.8. The largest absolute Gasteiger partial charge is 0.150 e. The highest BCUT2D eigenvalue weighted by molar-refractivity contribution is 5.70. The molecule has 0 N–H and O–H groups in total. The SMILES string of the molecule is CCCCCCc1cc(-c2ccc(-c3cc(CCCCCC)c(C)cc3CCCCCC)nn2)c(CCCCCC)cc1C. The van der Waals surface area contributed by atoms with Gasteiger partial charge in [0.25, 0.3) is 0 Å². The number of benzene rings is 2. The fourth-order valence-corrected chi connectivity index (χ4v) is 6.64. The quantitative estimate of drug-likeness (QED) is 0.108. The topological polar surface area (TPSA) is 25.8 Å². The summed E-state index contributed by atoms with van der Waals surface area (Å²) < 4.78 is 0. The van der Waals surface area contributed by atoms with Gasteiger partial charge in [0.1, 0.15) is 0 Å². The molecule has 0 spiro atoms. The average Bonchev–Trinajstić information content (AvgIpc) is 3.03. The Morgan fingerprint density at radius 3 is 1.00 bits per heavy atom. The van der Waals surface area contributed by atoms with Gasteiger partial charge in [0, 0.05) is 11.1 Å². The van der Waals surface area contributed by atoms with Crippen LogP contribution in [0.15, 0.2) is 36.4 Å². The van der Waals surface area contributed by atoms with Crippen molar-refractivity contribution >= 4 is 0 Å². The van der Waals surface area contributed by atoms with E-state index in [0.717, 1.165) is 37.1 Å². The summed E-state index contributed by atoms with van der Waals surface area (Å²) >= 11 is 0. The summed E-state index contributed by atoms with van der Waals surface area (Å²) in [6.45, 7) is 13.8. The third-order valence-corrected chi connectivity index (χ3v) is 9.54. The summed E-state index contributed by atoms with van der Waals surface area (Å²) in [5.41, 5.74) is 13.4. The molecule has 0 unspecified atom stereocenters. The van der Waals surface area contributed by atoms with Gasteiger partial charge < -0.3 is 0 Å². The predicted molar refractivity (Wildman–Crippen MR) is 194 cm³/mol. The van der Waals surface area contributed by atoms with E-state index in [9.17, 15) is 0 Å². The van der Waals surface area contributed by atoms with E-state index in [4.69, 9.17) is 10.2 Å². The van der Waals surface area contributed by atoms with Gasteiger partial charge in [-0.3, -0.25) is 0 Å². The van der Waals surface area contributed by atoms with Crippen LogP contribution in [0.4, 0.5) is 0 Å². The summed E-state index contributed by atoms with van der Waals surface area (Å²) in [5, 5.41) is 9.90.